The monoisotopic (exact) mass is 240 g/mol. The second kappa shape index (κ2) is 5.17. The van der Waals surface area contributed by atoms with Crippen LogP contribution in [0.2, 0.25) is 0 Å². The molecular weight excluding hydrogens is 223 g/mol. The molecule has 1 aliphatic heterocycles. The van der Waals surface area contributed by atoms with E-state index < -0.39 is 0 Å². The number of rotatable bonds is 2. The van der Waals surface area contributed by atoms with Crippen molar-refractivity contribution in [2.24, 2.45) is 0 Å². The molecule has 0 radical (unpaired) electrons. The Morgan fingerprint density at radius 3 is 2.56 bits per heavy atom. The average Bonchev–Trinajstić information content (AvgIpc) is 2.27. The zero-order valence-corrected chi connectivity index (χ0v) is 10.6. The molecule has 2 nitrogen and oxygen atoms in total. The maximum absolute atomic E-state index is 13.5. The Morgan fingerprint density at radius 2 is 1.88 bits per heavy atom. The van der Waals surface area contributed by atoms with Crippen LogP contribution in [0.15, 0.2) is 23.1 Å². The predicted molar refractivity (Wildman–Crippen MR) is 66.1 cm³/mol. The largest absolute Gasteiger partial charge is 0.304 e. The van der Waals surface area contributed by atoms with E-state index in [4.69, 9.17) is 0 Å². The first-order chi connectivity index (χ1) is 7.65. The van der Waals surface area contributed by atoms with Gasteiger partial charge in [0.15, 0.2) is 0 Å². The van der Waals surface area contributed by atoms with Crippen molar-refractivity contribution in [3.63, 3.8) is 0 Å². The van der Waals surface area contributed by atoms with Crippen molar-refractivity contribution in [1.29, 1.82) is 0 Å². The highest BCUT2D eigenvalue weighted by Crippen LogP contribution is 2.27. The molecule has 0 bridgehead atoms. The highest BCUT2D eigenvalue weighted by molar-refractivity contribution is 7.97. The lowest BCUT2D eigenvalue weighted by atomic mass is 10.2. The number of aryl methyl sites for hydroxylation is 1. The molecule has 0 aliphatic carbocycles. The number of benzene rings is 1. The zero-order valence-electron chi connectivity index (χ0n) is 9.74. The Morgan fingerprint density at radius 1 is 1.19 bits per heavy atom. The summed E-state index contributed by atoms with van der Waals surface area (Å²) in [5.41, 5.74) is 1.11. The van der Waals surface area contributed by atoms with Gasteiger partial charge in [0.2, 0.25) is 0 Å². The molecule has 2 rings (SSSR count). The molecular formula is C12H17FN2S. The van der Waals surface area contributed by atoms with Crippen molar-refractivity contribution >= 4 is 11.9 Å². The minimum atomic E-state index is -0.116. The Balaban J connectivity index is 2.00. The number of hydrogen-bond donors (Lipinski definition) is 0. The standard InChI is InChI=1S/C12H17FN2S/c1-10-3-4-11(13)12(9-10)16-15-7-5-14(2)6-8-15/h3-4,9H,5-8H2,1-2H3. The number of nitrogens with zero attached hydrogens (tertiary/aromatic N) is 2. The smallest absolute Gasteiger partial charge is 0.138 e. The molecule has 1 saturated heterocycles. The fourth-order valence-electron chi connectivity index (χ4n) is 1.70. The molecule has 1 heterocycles. The average molecular weight is 240 g/mol. The first-order valence-electron chi connectivity index (χ1n) is 5.53. The van der Waals surface area contributed by atoms with Crippen LogP contribution < -0.4 is 0 Å². The number of halogens is 1. The van der Waals surface area contributed by atoms with Crippen LogP contribution in [0.3, 0.4) is 0 Å². The summed E-state index contributed by atoms with van der Waals surface area (Å²) in [6.45, 7) is 6.09. The molecule has 0 amide bonds. The zero-order chi connectivity index (χ0) is 11.5. The van der Waals surface area contributed by atoms with Crippen LogP contribution in [0.1, 0.15) is 5.56 Å². The Labute approximate surface area is 101 Å². The lowest BCUT2D eigenvalue weighted by Crippen LogP contribution is -2.41. The topological polar surface area (TPSA) is 6.48 Å². The summed E-state index contributed by atoms with van der Waals surface area (Å²) in [5, 5.41) is 0. The van der Waals surface area contributed by atoms with Crippen LogP contribution >= 0.6 is 11.9 Å². The first kappa shape index (κ1) is 11.9. The third-order valence-corrected chi connectivity index (χ3v) is 3.91. The molecule has 4 heteroatoms. The second-order valence-corrected chi connectivity index (χ2v) is 5.40. The van der Waals surface area contributed by atoms with Crippen molar-refractivity contribution in [3.05, 3.63) is 29.6 Å². The second-order valence-electron chi connectivity index (χ2n) is 4.26. The maximum atomic E-state index is 13.5. The summed E-state index contributed by atoms with van der Waals surface area (Å²) in [7, 11) is 2.12. The van der Waals surface area contributed by atoms with Crippen molar-refractivity contribution in [2.45, 2.75) is 11.8 Å². The lowest BCUT2D eigenvalue weighted by Gasteiger charge is -2.31. The fraction of sp³-hybridized carbons (Fsp3) is 0.500. The summed E-state index contributed by atoms with van der Waals surface area (Å²) < 4.78 is 15.8. The van der Waals surface area contributed by atoms with E-state index in [0.717, 1.165) is 36.6 Å². The number of hydrogen-bond acceptors (Lipinski definition) is 3. The molecule has 0 atom stereocenters. The van der Waals surface area contributed by atoms with Crippen molar-refractivity contribution < 1.29 is 4.39 Å². The Hall–Kier alpha value is -0.580. The summed E-state index contributed by atoms with van der Waals surface area (Å²) in [5.74, 6) is -0.116. The number of likely N-dealkylation sites (N-methyl/N-ethyl adjacent to an activating group) is 1. The van der Waals surface area contributed by atoms with Crippen LogP contribution in [-0.2, 0) is 0 Å². The van der Waals surface area contributed by atoms with E-state index in [0.29, 0.717) is 0 Å². The minimum absolute atomic E-state index is 0.116. The summed E-state index contributed by atoms with van der Waals surface area (Å²) in [6.07, 6.45) is 0. The van der Waals surface area contributed by atoms with E-state index in [1.807, 2.05) is 19.1 Å². The normalized spacial score (nSPS) is 18.9. The van der Waals surface area contributed by atoms with Crippen molar-refractivity contribution in [1.82, 2.24) is 9.21 Å². The van der Waals surface area contributed by atoms with E-state index in [-0.39, 0.29) is 5.82 Å². The minimum Gasteiger partial charge on any atom is -0.304 e. The molecule has 1 fully saturated rings. The van der Waals surface area contributed by atoms with Gasteiger partial charge in [-0.1, -0.05) is 6.07 Å². The van der Waals surface area contributed by atoms with E-state index >= 15 is 0 Å². The molecule has 0 spiro atoms. The van der Waals surface area contributed by atoms with Gasteiger partial charge in [-0.2, -0.15) is 0 Å². The molecule has 88 valence electrons. The van der Waals surface area contributed by atoms with Gasteiger partial charge in [-0.3, -0.25) is 0 Å². The lowest BCUT2D eigenvalue weighted by molar-refractivity contribution is 0.233. The maximum Gasteiger partial charge on any atom is 0.138 e. The molecule has 0 unspecified atom stereocenters. The van der Waals surface area contributed by atoms with Crippen molar-refractivity contribution in [2.75, 3.05) is 33.2 Å². The SMILES string of the molecule is Cc1ccc(F)c(SN2CCN(C)CC2)c1. The molecule has 0 saturated carbocycles. The number of piperazine rings is 1. The summed E-state index contributed by atoms with van der Waals surface area (Å²) in [4.78, 5) is 3.04. The first-order valence-corrected chi connectivity index (χ1v) is 6.30. The molecule has 1 aliphatic rings. The molecule has 0 aromatic heterocycles. The van der Waals surface area contributed by atoms with Crippen LogP contribution in [-0.4, -0.2) is 42.4 Å². The van der Waals surface area contributed by atoms with Gasteiger partial charge in [0.05, 0.1) is 4.90 Å². The van der Waals surface area contributed by atoms with Gasteiger partial charge in [0.25, 0.3) is 0 Å². The molecule has 0 N–H and O–H groups in total. The van der Waals surface area contributed by atoms with Crippen LogP contribution in [0.25, 0.3) is 0 Å². The third kappa shape index (κ3) is 2.97. The highest BCUT2D eigenvalue weighted by atomic mass is 32.2. The van der Waals surface area contributed by atoms with Gasteiger partial charge in [-0.15, -0.1) is 0 Å². The molecule has 16 heavy (non-hydrogen) atoms. The van der Waals surface area contributed by atoms with Gasteiger partial charge in [-0.25, -0.2) is 8.70 Å². The van der Waals surface area contributed by atoms with Crippen LogP contribution in [0.4, 0.5) is 4.39 Å². The third-order valence-electron chi connectivity index (χ3n) is 2.78. The van der Waals surface area contributed by atoms with Gasteiger partial charge < -0.3 is 4.90 Å². The van der Waals surface area contributed by atoms with Crippen LogP contribution in [0, 0.1) is 12.7 Å². The van der Waals surface area contributed by atoms with E-state index in [9.17, 15) is 4.39 Å². The quantitative estimate of drug-likeness (QED) is 0.733. The van der Waals surface area contributed by atoms with E-state index in [1.54, 1.807) is 6.07 Å². The molecule has 1 aromatic rings. The van der Waals surface area contributed by atoms with Crippen LogP contribution in [0.5, 0.6) is 0 Å². The summed E-state index contributed by atoms with van der Waals surface area (Å²) >= 11 is 1.54. The highest BCUT2D eigenvalue weighted by Gasteiger charge is 2.16. The van der Waals surface area contributed by atoms with Gasteiger partial charge in [0, 0.05) is 26.2 Å². The van der Waals surface area contributed by atoms with Crippen molar-refractivity contribution in [3.8, 4) is 0 Å². The van der Waals surface area contributed by atoms with E-state index in [1.165, 1.54) is 11.9 Å². The Bertz CT molecular complexity index is 362. The fourth-order valence-corrected chi connectivity index (χ4v) is 2.72. The summed E-state index contributed by atoms with van der Waals surface area (Å²) in [6, 6.07) is 5.27. The predicted octanol–water partition coefficient (Wildman–Crippen LogP) is 2.39. The molecule has 1 aromatic carbocycles. The van der Waals surface area contributed by atoms with Gasteiger partial charge >= 0.3 is 0 Å². The van der Waals surface area contributed by atoms with Gasteiger partial charge in [0.1, 0.15) is 5.82 Å². The van der Waals surface area contributed by atoms with E-state index in [2.05, 4.69) is 16.3 Å². The Kier molecular flexibility index (Phi) is 3.84. The van der Waals surface area contributed by atoms with Gasteiger partial charge in [-0.05, 0) is 43.6 Å².